The molecule has 6 heteroatoms. The van der Waals surface area contributed by atoms with E-state index in [4.69, 9.17) is 4.98 Å². The van der Waals surface area contributed by atoms with Crippen LogP contribution in [0.2, 0.25) is 0 Å². The first-order chi connectivity index (χ1) is 11.0. The summed E-state index contributed by atoms with van der Waals surface area (Å²) in [6, 6.07) is 7.81. The van der Waals surface area contributed by atoms with Gasteiger partial charge in [-0.3, -0.25) is 13.9 Å². The summed E-state index contributed by atoms with van der Waals surface area (Å²) in [7, 11) is 3.20. The Labute approximate surface area is 131 Å². The molecular formula is C17H16N4O2. The molecule has 0 spiro atoms. The van der Waals surface area contributed by atoms with E-state index in [-0.39, 0.29) is 11.2 Å². The van der Waals surface area contributed by atoms with Gasteiger partial charge in [0.1, 0.15) is 0 Å². The highest BCUT2D eigenvalue weighted by molar-refractivity contribution is 5.98. The zero-order valence-corrected chi connectivity index (χ0v) is 13.2. The number of hydrogen-bond donors (Lipinski definition) is 0. The first kappa shape index (κ1) is 13.8. The molecule has 6 nitrogen and oxygen atoms in total. The number of aromatic nitrogens is 4. The van der Waals surface area contributed by atoms with Crippen LogP contribution < -0.4 is 11.2 Å². The van der Waals surface area contributed by atoms with E-state index in [0.717, 1.165) is 33.2 Å². The average Bonchev–Trinajstić information content (AvgIpc) is 2.98. The Morgan fingerprint density at radius 2 is 1.78 bits per heavy atom. The lowest BCUT2D eigenvalue weighted by Crippen LogP contribution is -2.36. The van der Waals surface area contributed by atoms with Crippen molar-refractivity contribution in [2.75, 3.05) is 0 Å². The fourth-order valence-electron chi connectivity index (χ4n) is 3.25. The van der Waals surface area contributed by atoms with Crippen LogP contribution in [0.5, 0.6) is 0 Å². The molecular weight excluding hydrogens is 292 g/mol. The molecule has 0 aliphatic heterocycles. The Kier molecular flexibility index (Phi) is 2.72. The van der Waals surface area contributed by atoms with Crippen molar-refractivity contribution in [2.45, 2.75) is 13.3 Å². The summed E-state index contributed by atoms with van der Waals surface area (Å²) in [5.41, 5.74) is 3.54. The number of benzene rings is 1. The third kappa shape index (κ3) is 1.66. The molecule has 0 bridgehead atoms. The predicted octanol–water partition coefficient (Wildman–Crippen LogP) is 1.60. The number of aryl methyl sites for hydroxylation is 2. The van der Waals surface area contributed by atoms with Crippen molar-refractivity contribution >= 4 is 27.5 Å². The number of nitrogens with zero attached hydrogens (tertiary/aromatic N) is 4. The maximum absolute atomic E-state index is 12.5. The van der Waals surface area contributed by atoms with Crippen molar-refractivity contribution in [2.24, 2.45) is 14.1 Å². The maximum Gasteiger partial charge on any atom is 0.331 e. The molecule has 0 atom stereocenters. The molecule has 3 aromatic heterocycles. The van der Waals surface area contributed by atoms with Crippen molar-refractivity contribution < 1.29 is 0 Å². The monoisotopic (exact) mass is 308 g/mol. The Morgan fingerprint density at radius 3 is 2.52 bits per heavy atom. The van der Waals surface area contributed by atoms with Crippen LogP contribution in [0.4, 0.5) is 0 Å². The van der Waals surface area contributed by atoms with Gasteiger partial charge in [0.15, 0.2) is 0 Å². The van der Waals surface area contributed by atoms with Crippen LogP contribution in [0.3, 0.4) is 0 Å². The van der Waals surface area contributed by atoms with E-state index in [9.17, 15) is 9.59 Å². The Balaban J connectivity index is 2.43. The first-order valence-corrected chi connectivity index (χ1v) is 7.53. The second-order valence-corrected chi connectivity index (χ2v) is 5.72. The van der Waals surface area contributed by atoms with Gasteiger partial charge in [-0.2, -0.15) is 0 Å². The van der Waals surface area contributed by atoms with Gasteiger partial charge in [-0.25, -0.2) is 9.78 Å². The van der Waals surface area contributed by atoms with Crippen LogP contribution in [0.25, 0.3) is 27.5 Å². The Morgan fingerprint density at radius 1 is 1.04 bits per heavy atom. The quantitative estimate of drug-likeness (QED) is 0.536. The second-order valence-electron chi connectivity index (χ2n) is 5.72. The summed E-state index contributed by atoms with van der Waals surface area (Å²) in [4.78, 5) is 29.5. The lowest BCUT2D eigenvalue weighted by Gasteiger charge is -2.08. The molecule has 4 aromatic rings. The number of fused-ring (bicyclic) bond motifs is 5. The lowest BCUT2D eigenvalue weighted by atomic mass is 10.2. The number of hydrogen-bond acceptors (Lipinski definition) is 3. The summed E-state index contributed by atoms with van der Waals surface area (Å²) in [6.07, 6.45) is 2.53. The molecule has 3 heterocycles. The van der Waals surface area contributed by atoms with Crippen molar-refractivity contribution in [1.82, 2.24) is 18.5 Å². The van der Waals surface area contributed by atoms with Crippen LogP contribution >= 0.6 is 0 Å². The average molecular weight is 308 g/mol. The summed E-state index contributed by atoms with van der Waals surface area (Å²) < 4.78 is 4.65. The second kappa shape index (κ2) is 4.55. The fraction of sp³-hybridized carbons (Fsp3) is 0.235. The van der Waals surface area contributed by atoms with Gasteiger partial charge in [-0.1, -0.05) is 19.1 Å². The van der Waals surface area contributed by atoms with Crippen molar-refractivity contribution in [1.29, 1.82) is 0 Å². The standard InChI is InChI=1S/C17H16N4O2/c1-4-11-15-14-10(16(22)20(3)17(23)19(14)2)9-21(15)13-8-6-5-7-12(13)18-11/h5-9H,4H2,1-3H3. The van der Waals surface area contributed by atoms with Gasteiger partial charge in [0.05, 0.1) is 33.1 Å². The highest BCUT2D eigenvalue weighted by Crippen LogP contribution is 2.25. The van der Waals surface area contributed by atoms with E-state index >= 15 is 0 Å². The van der Waals surface area contributed by atoms with Crippen molar-refractivity contribution in [3.63, 3.8) is 0 Å². The van der Waals surface area contributed by atoms with E-state index in [2.05, 4.69) is 0 Å². The highest BCUT2D eigenvalue weighted by Gasteiger charge is 2.18. The van der Waals surface area contributed by atoms with Crippen molar-refractivity contribution in [3.05, 3.63) is 57.0 Å². The van der Waals surface area contributed by atoms with Gasteiger partial charge >= 0.3 is 5.69 Å². The molecule has 0 saturated heterocycles. The molecule has 0 amide bonds. The summed E-state index contributed by atoms with van der Waals surface area (Å²) in [6.45, 7) is 2.02. The van der Waals surface area contributed by atoms with E-state index in [1.165, 1.54) is 11.6 Å². The molecule has 0 unspecified atom stereocenters. The topological polar surface area (TPSA) is 61.3 Å². The van der Waals surface area contributed by atoms with Gasteiger partial charge in [0, 0.05) is 20.3 Å². The summed E-state index contributed by atoms with van der Waals surface area (Å²) >= 11 is 0. The SMILES string of the molecule is CCc1nc2ccccc2n2cc3c(=O)n(C)c(=O)n(C)c3c12. The summed E-state index contributed by atoms with van der Waals surface area (Å²) in [5.74, 6) is 0. The third-order valence-electron chi connectivity index (χ3n) is 4.43. The Hall–Kier alpha value is -2.89. The smallest absolute Gasteiger partial charge is 0.311 e. The van der Waals surface area contributed by atoms with Crippen LogP contribution in [0.1, 0.15) is 12.6 Å². The van der Waals surface area contributed by atoms with Gasteiger partial charge in [0.2, 0.25) is 0 Å². The van der Waals surface area contributed by atoms with E-state index in [1.807, 2.05) is 41.8 Å². The molecule has 0 saturated carbocycles. The highest BCUT2D eigenvalue weighted by atomic mass is 16.2. The maximum atomic E-state index is 12.5. The number of rotatable bonds is 1. The van der Waals surface area contributed by atoms with Crippen LogP contribution in [0.15, 0.2) is 40.1 Å². The molecule has 1 aromatic carbocycles. The summed E-state index contributed by atoms with van der Waals surface area (Å²) in [5, 5.41) is 0.530. The largest absolute Gasteiger partial charge is 0.331 e. The normalized spacial score (nSPS) is 11.8. The fourth-order valence-corrected chi connectivity index (χ4v) is 3.25. The molecule has 0 aliphatic carbocycles. The molecule has 0 N–H and O–H groups in total. The first-order valence-electron chi connectivity index (χ1n) is 7.53. The molecule has 0 fully saturated rings. The van der Waals surface area contributed by atoms with Crippen LogP contribution in [-0.4, -0.2) is 18.5 Å². The molecule has 116 valence electrons. The van der Waals surface area contributed by atoms with Gasteiger partial charge < -0.3 is 4.40 Å². The van der Waals surface area contributed by atoms with E-state index in [1.54, 1.807) is 7.05 Å². The zero-order valence-electron chi connectivity index (χ0n) is 13.2. The number of para-hydroxylation sites is 2. The van der Waals surface area contributed by atoms with Crippen LogP contribution in [0, 0.1) is 0 Å². The van der Waals surface area contributed by atoms with Gasteiger partial charge in [-0.05, 0) is 18.6 Å². The van der Waals surface area contributed by atoms with E-state index < -0.39 is 0 Å². The van der Waals surface area contributed by atoms with Gasteiger partial charge in [0.25, 0.3) is 5.56 Å². The van der Waals surface area contributed by atoms with E-state index in [0.29, 0.717) is 10.9 Å². The minimum absolute atomic E-state index is 0.280. The molecule has 0 radical (unpaired) electrons. The molecule has 4 rings (SSSR count). The minimum Gasteiger partial charge on any atom is -0.311 e. The molecule has 23 heavy (non-hydrogen) atoms. The van der Waals surface area contributed by atoms with Gasteiger partial charge in [-0.15, -0.1) is 0 Å². The third-order valence-corrected chi connectivity index (χ3v) is 4.43. The van der Waals surface area contributed by atoms with Crippen molar-refractivity contribution in [3.8, 4) is 0 Å². The zero-order chi connectivity index (χ0) is 16.3. The molecule has 0 aliphatic rings. The minimum atomic E-state index is -0.328. The van der Waals surface area contributed by atoms with Crippen LogP contribution in [-0.2, 0) is 20.5 Å². The Bertz CT molecular complexity index is 1210. The lowest BCUT2D eigenvalue weighted by molar-refractivity contribution is 0.715. The predicted molar refractivity (Wildman–Crippen MR) is 90.1 cm³/mol.